The van der Waals surface area contributed by atoms with Crippen LogP contribution < -0.4 is 0 Å². The third-order valence-corrected chi connectivity index (χ3v) is 8.65. The van der Waals surface area contributed by atoms with Crippen LogP contribution in [0.3, 0.4) is 0 Å². The molecule has 0 aliphatic rings. The topological polar surface area (TPSA) is 52.6 Å². The Bertz CT molecular complexity index is 507. The zero-order valence-electron chi connectivity index (χ0n) is 25.6. The van der Waals surface area contributed by atoms with Gasteiger partial charge in [0.2, 0.25) is 0 Å². The lowest BCUT2D eigenvalue weighted by atomic mass is 9.97. The molecule has 0 aliphatic heterocycles. The van der Waals surface area contributed by atoms with Crippen molar-refractivity contribution in [2.45, 2.75) is 182 Å². The molecule has 0 aliphatic carbocycles. The summed E-state index contributed by atoms with van der Waals surface area (Å²) in [5, 5.41) is 0. The van der Waals surface area contributed by atoms with E-state index in [1.165, 1.54) is 116 Å². The minimum absolute atomic E-state index is 0.239. The van der Waals surface area contributed by atoms with Gasteiger partial charge >= 0.3 is 10.4 Å². The van der Waals surface area contributed by atoms with Gasteiger partial charge in [0.15, 0.2) is 0 Å². The van der Waals surface area contributed by atoms with Crippen LogP contribution in [0.5, 0.6) is 0 Å². The Kier molecular flexibility index (Phi) is 27.3. The molecule has 2 unspecified atom stereocenters. The van der Waals surface area contributed by atoms with E-state index in [9.17, 15) is 8.42 Å². The van der Waals surface area contributed by atoms with Crippen molar-refractivity contribution in [2.75, 3.05) is 13.2 Å². The second-order valence-corrected chi connectivity index (χ2v) is 13.1. The molecule has 0 radical (unpaired) electrons. The van der Waals surface area contributed by atoms with Crippen LogP contribution in [0.15, 0.2) is 0 Å². The molecule has 0 spiro atoms. The third-order valence-electron chi connectivity index (χ3n) is 7.74. The summed E-state index contributed by atoms with van der Waals surface area (Å²) in [6.45, 7) is 9.64. The highest BCUT2D eigenvalue weighted by molar-refractivity contribution is 7.81. The fourth-order valence-corrected chi connectivity index (χ4v) is 5.80. The summed E-state index contributed by atoms with van der Waals surface area (Å²) < 4.78 is 34.0. The average Bonchev–Trinajstić information content (AvgIpc) is 2.86. The lowest BCUT2D eigenvalue weighted by molar-refractivity contribution is 0.206. The van der Waals surface area contributed by atoms with E-state index in [-0.39, 0.29) is 13.2 Å². The molecule has 37 heavy (non-hydrogen) atoms. The quantitative estimate of drug-likeness (QED) is 0.0841. The van der Waals surface area contributed by atoms with Crippen molar-refractivity contribution in [3.63, 3.8) is 0 Å². The van der Waals surface area contributed by atoms with E-state index < -0.39 is 10.4 Å². The van der Waals surface area contributed by atoms with E-state index in [0.29, 0.717) is 11.8 Å². The van der Waals surface area contributed by atoms with Gasteiger partial charge in [0, 0.05) is 0 Å². The van der Waals surface area contributed by atoms with Gasteiger partial charge < -0.3 is 0 Å². The second-order valence-electron chi connectivity index (χ2n) is 11.8. The van der Waals surface area contributed by atoms with E-state index in [1.807, 2.05) is 0 Å². The molecule has 0 aromatic carbocycles. The van der Waals surface area contributed by atoms with Crippen molar-refractivity contribution in [1.29, 1.82) is 0 Å². The van der Waals surface area contributed by atoms with Gasteiger partial charge in [-0.3, -0.25) is 0 Å². The van der Waals surface area contributed by atoms with Gasteiger partial charge in [-0.05, 0) is 24.7 Å². The Hall–Kier alpha value is -0.130. The van der Waals surface area contributed by atoms with Crippen molar-refractivity contribution >= 4 is 10.4 Å². The number of hydrogen-bond donors (Lipinski definition) is 0. The van der Waals surface area contributed by atoms with Gasteiger partial charge in [-0.2, -0.15) is 8.42 Å². The van der Waals surface area contributed by atoms with Gasteiger partial charge in [-0.15, -0.1) is 0 Å². The molecule has 5 heteroatoms. The molecule has 0 rings (SSSR count). The Balaban J connectivity index is 3.52. The third kappa shape index (κ3) is 28.7. The van der Waals surface area contributed by atoms with Gasteiger partial charge in [-0.25, -0.2) is 8.37 Å². The van der Waals surface area contributed by atoms with Crippen molar-refractivity contribution in [3.05, 3.63) is 0 Å². The van der Waals surface area contributed by atoms with Crippen LogP contribution in [-0.2, 0) is 18.8 Å². The molecule has 0 saturated heterocycles. The minimum atomic E-state index is -3.84. The van der Waals surface area contributed by atoms with Crippen LogP contribution in [0.25, 0.3) is 0 Å². The standard InChI is InChI=1S/C32H66O4S/c1-5-7-9-11-13-15-17-19-25-31(3)27-21-23-29-35-37(33,34)36-30-24-22-28-32(4)26-20-18-16-14-12-10-8-6-2/h31-32H,5-30H2,1-4H3. The molecule has 0 fully saturated rings. The van der Waals surface area contributed by atoms with E-state index in [4.69, 9.17) is 8.37 Å². The first-order valence-corrected chi connectivity index (χ1v) is 17.8. The Morgan fingerprint density at radius 3 is 1.03 bits per heavy atom. The lowest BCUT2D eigenvalue weighted by Gasteiger charge is -2.12. The molecule has 0 amide bonds. The predicted octanol–water partition coefficient (Wildman–Crippen LogP) is 10.9. The second kappa shape index (κ2) is 27.4. The van der Waals surface area contributed by atoms with Crippen LogP contribution in [0.4, 0.5) is 0 Å². The molecule has 4 nitrogen and oxygen atoms in total. The van der Waals surface area contributed by atoms with Gasteiger partial charge in [0.25, 0.3) is 0 Å². The molecule has 2 atom stereocenters. The number of rotatable bonds is 30. The van der Waals surface area contributed by atoms with Crippen molar-refractivity contribution in [2.24, 2.45) is 11.8 Å². The summed E-state index contributed by atoms with van der Waals surface area (Å²) in [6, 6.07) is 0. The maximum absolute atomic E-state index is 12.0. The summed E-state index contributed by atoms with van der Waals surface area (Å²) in [7, 11) is -3.84. The van der Waals surface area contributed by atoms with Crippen molar-refractivity contribution in [3.8, 4) is 0 Å². The Labute approximate surface area is 233 Å². The van der Waals surface area contributed by atoms with Crippen LogP contribution in [0, 0.1) is 11.8 Å². The van der Waals surface area contributed by atoms with Gasteiger partial charge in [0.05, 0.1) is 13.2 Å². The van der Waals surface area contributed by atoms with Crippen molar-refractivity contribution < 1.29 is 16.8 Å². The fourth-order valence-electron chi connectivity index (χ4n) is 5.09. The molecular weight excluding hydrogens is 480 g/mol. The first kappa shape index (κ1) is 36.9. The normalized spacial score (nSPS) is 13.7. The van der Waals surface area contributed by atoms with Crippen LogP contribution in [-0.4, -0.2) is 21.6 Å². The SMILES string of the molecule is CCCCCCCCCCC(C)CCCCOS(=O)(=O)OCCCCC(C)CCCCCCCCCC. The number of hydrogen-bond acceptors (Lipinski definition) is 4. The van der Waals surface area contributed by atoms with Gasteiger partial charge in [0.1, 0.15) is 0 Å². The zero-order valence-corrected chi connectivity index (χ0v) is 26.4. The molecule has 224 valence electrons. The molecule has 0 aromatic heterocycles. The van der Waals surface area contributed by atoms with Crippen LogP contribution in [0.2, 0.25) is 0 Å². The molecule has 0 N–H and O–H groups in total. The average molecular weight is 547 g/mol. The molecular formula is C32H66O4S. The summed E-state index contributed by atoms with van der Waals surface area (Å²) in [4.78, 5) is 0. The highest BCUT2D eigenvalue weighted by atomic mass is 32.3. The first-order valence-electron chi connectivity index (χ1n) is 16.4. The van der Waals surface area contributed by atoms with Crippen molar-refractivity contribution in [1.82, 2.24) is 0 Å². The van der Waals surface area contributed by atoms with E-state index in [1.54, 1.807) is 0 Å². The first-order chi connectivity index (χ1) is 17.9. The maximum atomic E-state index is 12.0. The summed E-state index contributed by atoms with van der Waals surface area (Å²) >= 11 is 0. The lowest BCUT2D eigenvalue weighted by Crippen LogP contribution is -2.12. The largest absolute Gasteiger partial charge is 0.399 e. The summed E-state index contributed by atoms with van der Waals surface area (Å²) in [6.07, 6.45) is 30.4. The van der Waals surface area contributed by atoms with E-state index in [2.05, 4.69) is 27.7 Å². The number of unbranched alkanes of at least 4 members (excludes halogenated alkanes) is 16. The fraction of sp³-hybridized carbons (Fsp3) is 1.00. The Morgan fingerprint density at radius 2 is 0.703 bits per heavy atom. The van der Waals surface area contributed by atoms with Crippen LogP contribution >= 0.6 is 0 Å². The van der Waals surface area contributed by atoms with Gasteiger partial charge in [-0.1, -0.05) is 169 Å². The molecule has 0 aromatic rings. The summed E-state index contributed by atoms with van der Waals surface area (Å²) in [5.41, 5.74) is 0. The van der Waals surface area contributed by atoms with E-state index in [0.717, 1.165) is 38.5 Å². The molecule has 0 bridgehead atoms. The smallest absolute Gasteiger partial charge is 0.248 e. The molecule has 0 saturated carbocycles. The summed E-state index contributed by atoms with van der Waals surface area (Å²) in [5.74, 6) is 1.43. The Morgan fingerprint density at radius 1 is 0.432 bits per heavy atom. The zero-order chi connectivity index (χ0) is 27.5. The minimum Gasteiger partial charge on any atom is -0.248 e. The predicted molar refractivity (Wildman–Crippen MR) is 161 cm³/mol. The monoisotopic (exact) mass is 546 g/mol. The highest BCUT2D eigenvalue weighted by Crippen LogP contribution is 2.19. The van der Waals surface area contributed by atoms with E-state index >= 15 is 0 Å². The maximum Gasteiger partial charge on any atom is 0.399 e. The highest BCUT2D eigenvalue weighted by Gasteiger charge is 2.12. The van der Waals surface area contributed by atoms with Crippen LogP contribution in [0.1, 0.15) is 182 Å². The molecule has 0 heterocycles.